The van der Waals surface area contributed by atoms with Crippen molar-refractivity contribution in [3.05, 3.63) is 28.6 Å². The van der Waals surface area contributed by atoms with Crippen LogP contribution < -0.4 is 5.73 Å². The number of nitrogens with zero attached hydrogens (tertiary/aromatic N) is 1. The van der Waals surface area contributed by atoms with E-state index in [1.165, 1.54) is 0 Å². The first-order valence-electron chi connectivity index (χ1n) is 5.44. The van der Waals surface area contributed by atoms with Gasteiger partial charge in [-0.25, -0.2) is 4.98 Å². The SMILES string of the molecule is Cc1cc(Cl)cc2nc(C3(N)CCC3)oc12. The molecule has 16 heavy (non-hydrogen) atoms. The van der Waals surface area contributed by atoms with Gasteiger partial charge in [-0.05, 0) is 43.9 Å². The lowest BCUT2D eigenvalue weighted by atomic mass is 9.78. The van der Waals surface area contributed by atoms with Gasteiger partial charge < -0.3 is 10.2 Å². The number of aromatic nitrogens is 1. The molecule has 1 saturated carbocycles. The van der Waals surface area contributed by atoms with Gasteiger partial charge in [-0.3, -0.25) is 0 Å². The minimum Gasteiger partial charge on any atom is -0.438 e. The van der Waals surface area contributed by atoms with E-state index in [9.17, 15) is 0 Å². The van der Waals surface area contributed by atoms with Crippen LogP contribution in [-0.4, -0.2) is 4.98 Å². The van der Waals surface area contributed by atoms with Crippen molar-refractivity contribution in [3.8, 4) is 0 Å². The molecule has 1 aromatic heterocycles. The molecule has 0 radical (unpaired) electrons. The molecular weight excluding hydrogens is 224 g/mol. The van der Waals surface area contributed by atoms with Gasteiger partial charge in [0, 0.05) is 5.02 Å². The third kappa shape index (κ3) is 1.35. The summed E-state index contributed by atoms with van der Waals surface area (Å²) in [6, 6.07) is 3.70. The molecule has 84 valence electrons. The zero-order valence-electron chi connectivity index (χ0n) is 9.09. The van der Waals surface area contributed by atoms with Crippen LogP contribution in [0.1, 0.15) is 30.7 Å². The van der Waals surface area contributed by atoms with E-state index >= 15 is 0 Å². The maximum atomic E-state index is 6.19. The highest BCUT2D eigenvalue weighted by Gasteiger charge is 2.39. The van der Waals surface area contributed by atoms with Gasteiger partial charge in [0.15, 0.2) is 5.58 Å². The normalized spacial score (nSPS) is 18.7. The van der Waals surface area contributed by atoms with E-state index in [0.29, 0.717) is 10.9 Å². The van der Waals surface area contributed by atoms with Crippen molar-refractivity contribution >= 4 is 22.7 Å². The predicted molar refractivity (Wildman–Crippen MR) is 63.5 cm³/mol. The lowest BCUT2D eigenvalue weighted by Crippen LogP contribution is -2.43. The highest BCUT2D eigenvalue weighted by atomic mass is 35.5. The van der Waals surface area contributed by atoms with Crippen LogP contribution in [0.5, 0.6) is 0 Å². The fourth-order valence-electron chi connectivity index (χ4n) is 2.14. The lowest BCUT2D eigenvalue weighted by molar-refractivity contribution is 0.203. The molecule has 1 aliphatic rings. The molecule has 1 fully saturated rings. The Balaban J connectivity index is 2.19. The molecular formula is C12H13ClN2O. The average Bonchev–Trinajstić information content (AvgIpc) is 2.58. The number of hydrogen-bond donors (Lipinski definition) is 1. The molecule has 0 spiro atoms. The zero-order chi connectivity index (χ0) is 11.3. The molecule has 1 heterocycles. The smallest absolute Gasteiger partial charge is 0.215 e. The first kappa shape index (κ1) is 10.1. The highest BCUT2D eigenvalue weighted by molar-refractivity contribution is 6.31. The molecule has 3 nitrogen and oxygen atoms in total. The Morgan fingerprint density at radius 2 is 2.19 bits per heavy atom. The lowest BCUT2D eigenvalue weighted by Gasteiger charge is -2.34. The van der Waals surface area contributed by atoms with Crippen LogP contribution >= 0.6 is 11.6 Å². The van der Waals surface area contributed by atoms with Crippen molar-refractivity contribution in [1.29, 1.82) is 0 Å². The van der Waals surface area contributed by atoms with Crippen molar-refractivity contribution < 1.29 is 4.42 Å². The molecule has 2 N–H and O–H groups in total. The van der Waals surface area contributed by atoms with E-state index in [0.717, 1.165) is 35.9 Å². The summed E-state index contributed by atoms with van der Waals surface area (Å²) in [6.07, 6.45) is 3.05. The number of aryl methyl sites for hydroxylation is 1. The van der Waals surface area contributed by atoms with Crippen molar-refractivity contribution in [1.82, 2.24) is 4.98 Å². The molecule has 3 rings (SSSR count). The number of halogens is 1. The Morgan fingerprint density at radius 1 is 1.44 bits per heavy atom. The molecule has 0 saturated heterocycles. The predicted octanol–water partition coefficient (Wildman–Crippen LogP) is 3.13. The number of oxazole rings is 1. The third-order valence-electron chi connectivity index (χ3n) is 3.31. The monoisotopic (exact) mass is 236 g/mol. The van der Waals surface area contributed by atoms with Crippen LogP contribution in [0.3, 0.4) is 0 Å². The summed E-state index contributed by atoms with van der Waals surface area (Å²) in [6.45, 7) is 1.97. The Morgan fingerprint density at radius 3 is 2.81 bits per heavy atom. The Kier molecular flexibility index (Phi) is 2.03. The Labute approximate surface area is 98.6 Å². The summed E-state index contributed by atoms with van der Waals surface area (Å²) in [5, 5.41) is 0.685. The fraction of sp³-hybridized carbons (Fsp3) is 0.417. The topological polar surface area (TPSA) is 52.0 Å². The molecule has 1 aliphatic carbocycles. The van der Waals surface area contributed by atoms with Gasteiger partial charge in [0.25, 0.3) is 0 Å². The summed E-state index contributed by atoms with van der Waals surface area (Å²) in [5.41, 5.74) is 8.45. The summed E-state index contributed by atoms with van der Waals surface area (Å²) in [4.78, 5) is 4.45. The second kappa shape index (κ2) is 3.22. The van der Waals surface area contributed by atoms with E-state index in [4.69, 9.17) is 21.8 Å². The molecule has 0 aliphatic heterocycles. The van der Waals surface area contributed by atoms with Gasteiger partial charge in [0.1, 0.15) is 5.52 Å². The Hall–Kier alpha value is -1.06. The van der Waals surface area contributed by atoms with E-state index < -0.39 is 0 Å². The van der Waals surface area contributed by atoms with Crippen LogP contribution in [-0.2, 0) is 5.54 Å². The second-order valence-electron chi connectivity index (χ2n) is 4.60. The number of nitrogens with two attached hydrogens (primary N) is 1. The van der Waals surface area contributed by atoms with E-state index in [2.05, 4.69) is 4.98 Å². The zero-order valence-corrected chi connectivity index (χ0v) is 9.84. The highest BCUT2D eigenvalue weighted by Crippen LogP contribution is 2.39. The minimum atomic E-state index is -0.349. The second-order valence-corrected chi connectivity index (χ2v) is 5.04. The number of rotatable bonds is 1. The molecule has 0 amide bonds. The molecule has 1 aromatic carbocycles. The van der Waals surface area contributed by atoms with Crippen LogP contribution in [0.15, 0.2) is 16.5 Å². The van der Waals surface area contributed by atoms with E-state index in [1.54, 1.807) is 0 Å². The van der Waals surface area contributed by atoms with Crippen LogP contribution in [0.4, 0.5) is 0 Å². The number of hydrogen-bond acceptors (Lipinski definition) is 3. The van der Waals surface area contributed by atoms with Gasteiger partial charge in [0.05, 0.1) is 5.54 Å². The fourth-order valence-corrected chi connectivity index (χ4v) is 2.41. The largest absolute Gasteiger partial charge is 0.438 e. The maximum Gasteiger partial charge on any atom is 0.215 e. The van der Waals surface area contributed by atoms with Crippen molar-refractivity contribution in [3.63, 3.8) is 0 Å². The van der Waals surface area contributed by atoms with E-state index in [1.807, 2.05) is 19.1 Å². The molecule has 4 heteroatoms. The van der Waals surface area contributed by atoms with Gasteiger partial charge in [-0.2, -0.15) is 0 Å². The van der Waals surface area contributed by atoms with Crippen LogP contribution in [0, 0.1) is 6.92 Å². The van der Waals surface area contributed by atoms with Crippen molar-refractivity contribution in [2.24, 2.45) is 5.73 Å². The summed E-state index contributed by atoms with van der Waals surface area (Å²) < 4.78 is 5.77. The molecule has 0 bridgehead atoms. The van der Waals surface area contributed by atoms with E-state index in [-0.39, 0.29) is 5.54 Å². The van der Waals surface area contributed by atoms with Crippen LogP contribution in [0.25, 0.3) is 11.1 Å². The molecule has 0 atom stereocenters. The standard InChI is InChI=1S/C12H13ClN2O/c1-7-5-8(13)6-9-10(7)16-11(15-9)12(14)3-2-4-12/h5-6H,2-4,14H2,1H3. The van der Waals surface area contributed by atoms with Gasteiger partial charge in [-0.1, -0.05) is 11.6 Å². The van der Waals surface area contributed by atoms with Gasteiger partial charge in [-0.15, -0.1) is 0 Å². The summed E-state index contributed by atoms with van der Waals surface area (Å²) in [7, 11) is 0. The third-order valence-corrected chi connectivity index (χ3v) is 3.53. The quantitative estimate of drug-likeness (QED) is 0.828. The van der Waals surface area contributed by atoms with Gasteiger partial charge in [0.2, 0.25) is 5.89 Å². The van der Waals surface area contributed by atoms with Crippen molar-refractivity contribution in [2.45, 2.75) is 31.7 Å². The summed E-state index contributed by atoms with van der Waals surface area (Å²) >= 11 is 5.98. The number of benzene rings is 1. The van der Waals surface area contributed by atoms with Crippen molar-refractivity contribution in [2.75, 3.05) is 0 Å². The Bertz CT molecular complexity index is 557. The maximum absolute atomic E-state index is 6.19. The number of fused-ring (bicyclic) bond motifs is 1. The average molecular weight is 237 g/mol. The molecule has 0 unspecified atom stereocenters. The first-order chi connectivity index (χ1) is 7.58. The first-order valence-corrected chi connectivity index (χ1v) is 5.82. The van der Waals surface area contributed by atoms with Crippen LogP contribution in [0.2, 0.25) is 5.02 Å². The van der Waals surface area contributed by atoms with Gasteiger partial charge >= 0.3 is 0 Å². The summed E-state index contributed by atoms with van der Waals surface area (Å²) in [5.74, 6) is 0.652. The molecule has 2 aromatic rings. The minimum absolute atomic E-state index is 0.349.